The summed E-state index contributed by atoms with van der Waals surface area (Å²) in [4.78, 5) is 2.38. The molecule has 134 valence electrons. The van der Waals surface area contributed by atoms with Crippen LogP contribution in [0.1, 0.15) is 47.9 Å². The number of hydrogen-bond donors (Lipinski definition) is 0. The molecule has 0 N–H and O–H groups in total. The van der Waals surface area contributed by atoms with Gasteiger partial charge in [-0.1, -0.05) is 72.5 Å². The molecular weight excluding hydrogens is 306 g/mol. The highest BCUT2D eigenvalue weighted by Gasteiger charge is 2.44. The Balaban J connectivity index is 1.86. The molecule has 2 unspecified atom stereocenters. The summed E-state index contributed by atoms with van der Waals surface area (Å²) in [6, 6.07) is 17.6. The first-order valence-corrected chi connectivity index (χ1v) is 9.44. The van der Waals surface area contributed by atoms with Crippen molar-refractivity contribution in [3.8, 4) is 0 Å². The molecule has 0 amide bonds. The highest BCUT2D eigenvalue weighted by molar-refractivity contribution is 5.29. The number of aryl methyl sites for hydroxylation is 2. The van der Waals surface area contributed by atoms with Gasteiger partial charge in [-0.2, -0.15) is 0 Å². The molecule has 0 radical (unpaired) electrons. The molecule has 0 bridgehead atoms. The van der Waals surface area contributed by atoms with E-state index in [1.54, 1.807) is 0 Å². The Bertz CT molecular complexity index is 674. The Kier molecular flexibility index (Phi) is 5.61. The number of hydrogen-bond acceptors (Lipinski definition) is 2. The van der Waals surface area contributed by atoms with Crippen LogP contribution in [0.5, 0.6) is 0 Å². The lowest BCUT2D eigenvalue weighted by molar-refractivity contribution is -0.0932. The highest BCUT2D eigenvalue weighted by atomic mass is 16.5. The zero-order valence-electron chi connectivity index (χ0n) is 16.1. The van der Waals surface area contributed by atoms with Crippen LogP contribution in [0.3, 0.4) is 0 Å². The van der Waals surface area contributed by atoms with Crippen LogP contribution in [0.25, 0.3) is 0 Å². The molecule has 1 aliphatic rings. The van der Waals surface area contributed by atoms with Crippen LogP contribution >= 0.6 is 0 Å². The van der Waals surface area contributed by atoms with Crippen LogP contribution in [0, 0.1) is 13.8 Å². The Morgan fingerprint density at radius 1 is 1.00 bits per heavy atom. The van der Waals surface area contributed by atoms with E-state index in [2.05, 4.69) is 81.4 Å². The van der Waals surface area contributed by atoms with Gasteiger partial charge in [-0.3, -0.25) is 4.90 Å². The number of nitrogens with zero attached hydrogens (tertiary/aromatic N) is 1. The fourth-order valence-electron chi connectivity index (χ4n) is 4.52. The summed E-state index contributed by atoms with van der Waals surface area (Å²) in [7, 11) is 4.40. The van der Waals surface area contributed by atoms with Gasteiger partial charge in [-0.05, 0) is 51.9 Å². The van der Waals surface area contributed by atoms with Crippen molar-refractivity contribution in [2.75, 3.05) is 14.1 Å². The van der Waals surface area contributed by atoms with E-state index in [0.717, 1.165) is 12.8 Å². The van der Waals surface area contributed by atoms with E-state index in [1.165, 1.54) is 35.1 Å². The summed E-state index contributed by atoms with van der Waals surface area (Å²) >= 11 is 0. The molecule has 1 fully saturated rings. The molecule has 2 heteroatoms. The molecule has 1 saturated carbocycles. The molecular formula is C23H31NO. The van der Waals surface area contributed by atoms with Crippen molar-refractivity contribution in [3.05, 3.63) is 70.8 Å². The van der Waals surface area contributed by atoms with E-state index < -0.39 is 0 Å². The number of benzene rings is 2. The second kappa shape index (κ2) is 7.72. The minimum absolute atomic E-state index is 0.0294. The first-order valence-electron chi connectivity index (χ1n) is 9.44. The van der Waals surface area contributed by atoms with Gasteiger partial charge >= 0.3 is 0 Å². The lowest BCUT2D eigenvalue weighted by Crippen LogP contribution is -2.53. The third-order valence-corrected chi connectivity index (χ3v) is 5.61. The molecule has 25 heavy (non-hydrogen) atoms. The number of ether oxygens (including phenoxy) is 1. The largest absolute Gasteiger partial charge is 0.371 e. The van der Waals surface area contributed by atoms with Crippen LogP contribution in [0.2, 0.25) is 0 Å². The van der Waals surface area contributed by atoms with Crippen molar-refractivity contribution in [1.29, 1.82) is 0 Å². The summed E-state index contributed by atoms with van der Waals surface area (Å²) in [5.74, 6) is 0. The molecule has 3 rings (SSSR count). The normalized spacial score (nSPS) is 23.8. The molecule has 2 aromatic carbocycles. The second-order valence-corrected chi connectivity index (χ2v) is 7.73. The lowest BCUT2D eigenvalue weighted by atomic mass is 9.73. The van der Waals surface area contributed by atoms with Gasteiger partial charge in [0.15, 0.2) is 0 Å². The van der Waals surface area contributed by atoms with Crippen molar-refractivity contribution in [1.82, 2.24) is 4.90 Å². The quantitative estimate of drug-likeness (QED) is 0.741. The first kappa shape index (κ1) is 18.2. The Labute approximate surface area is 152 Å². The third kappa shape index (κ3) is 3.80. The molecule has 0 spiro atoms. The minimum atomic E-state index is -0.0294. The molecule has 0 aromatic heterocycles. The number of likely N-dealkylation sites (N-methyl/N-ethyl adjacent to an activating group) is 1. The fraction of sp³-hybridized carbons (Fsp3) is 0.478. The van der Waals surface area contributed by atoms with Crippen LogP contribution in [-0.4, -0.2) is 25.1 Å². The summed E-state index contributed by atoms with van der Waals surface area (Å²) in [6.45, 7) is 5.01. The van der Waals surface area contributed by atoms with E-state index in [-0.39, 0.29) is 11.6 Å². The van der Waals surface area contributed by atoms with Crippen molar-refractivity contribution in [3.63, 3.8) is 0 Å². The van der Waals surface area contributed by atoms with Crippen LogP contribution in [0.4, 0.5) is 0 Å². The van der Waals surface area contributed by atoms with Gasteiger partial charge in [0.1, 0.15) is 0 Å². The van der Waals surface area contributed by atoms with E-state index in [0.29, 0.717) is 6.61 Å². The zero-order valence-corrected chi connectivity index (χ0v) is 16.1. The van der Waals surface area contributed by atoms with E-state index in [4.69, 9.17) is 4.74 Å². The SMILES string of the molecule is Cc1cc(C)cc(COC2CCCCC2(c2ccccc2)N(C)C)c1. The topological polar surface area (TPSA) is 12.5 Å². The molecule has 2 nitrogen and oxygen atoms in total. The van der Waals surface area contributed by atoms with Crippen molar-refractivity contribution in [2.24, 2.45) is 0 Å². The van der Waals surface area contributed by atoms with Crippen molar-refractivity contribution < 1.29 is 4.74 Å². The molecule has 0 heterocycles. The molecule has 0 aliphatic heterocycles. The van der Waals surface area contributed by atoms with Gasteiger partial charge in [0.2, 0.25) is 0 Å². The lowest BCUT2D eigenvalue weighted by Gasteiger charge is -2.49. The van der Waals surface area contributed by atoms with Gasteiger partial charge in [0.25, 0.3) is 0 Å². The maximum Gasteiger partial charge on any atom is 0.0804 e. The smallest absolute Gasteiger partial charge is 0.0804 e. The zero-order chi connectivity index (χ0) is 17.9. The molecule has 0 saturated heterocycles. The minimum Gasteiger partial charge on any atom is -0.371 e. The third-order valence-electron chi connectivity index (χ3n) is 5.61. The molecule has 2 atom stereocenters. The maximum atomic E-state index is 6.57. The van der Waals surface area contributed by atoms with Crippen LogP contribution < -0.4 is 0 Å². The van der Waals surface area contributed by atoms with Crippen molar-refractivity contribution >= 4 is 0 Å². The predicted octanol–water partition coefficient (Wildman–Crippen LogP) is 5.22. The monoisotopic (exact) mass is 337 g/mol. The fourth-order valence-corrected chi connectivity index (χ4v) is 4.52. The average Bonchev–Trinajstić information content (AvgIpc) is 2.60. The standard InChI is InChI=1S/C23H31NO/c1-18-14-19(2)16-20(15-18)17-25-22-12-8-9-13-23(22,24(3)4)21-10-6-5-7-11-21/h5-7,10-11,14-16,22H,8-9,12-13,17H2,1-4H3. The Morgan fingerprint density at radius 2 is 1.68 bits per heavy atom. The summed E-state index contributed by atoms with van der Waals surface area (Å²) in [5, 5.41) is 0. The molecule has 1 aliphatic carbocycles. The van der Waals surface area contributed by atoms with E-state index in [1.807, 2.05) is 0 Å². The van der Waals surface area contributed by atoms with Crippen LogP contribution in [0.15, 0.2) is 48.5 Å². The average molecular weight is 338 g/mol. The number of rotatable bonds is 5. The van der Waals surface area contributed by atoms with Crippen molar-refractivity contribution in [2.45, 2.75) is 57.8 Å². The van der Waals surface area contributed by atoms with Gasteiger partial charge in [-0.15, -0.1) is 0 Å². The summed E-state index contributed by atoms with van der Waals surface area (Å²) < 4.78 is 6.57. The summed E-state index contributed by atoms with van der Waals surface area (Å²) in [5.41, 5.74) is 5.25. The summed E-state index contributed by atoms with van der Waals surface area (Å²) in [6.07, 6.45) is 5.01. The maximum absolute atomic E-state index is 6.57. The van der Waals surface area contributed by atoms with Gasteiger partial charge in [0, 0.05) is 0 Å². The second-order valence-electron chi connectivity index (χ2n) is 7.73. The van der Waals surface area contributed by atoms with Gasteiger partial charge in [-0.25, -0.2) is 0 Å². The van der Waals surface area contributed by atoms with Gasteiger partial charge in [0.05, 0.1) is 18.2 Å². The first-order chi connectivity index (χ1) is 12.0. The Morgan fingerprint density at radius 3 is 2.32 bits per heavy atom. The molecule has 2 aromatic rings. The van der Waals surface area contributed by atoms with E-state index >= 15 is 0 Å². The van der Waals surface area contributed by atoms with Crippen LogP contribution in [-0.2, 0) is 16.9 Å². The highest BCUT2D eigenvalue weighted by Crippen LogP contribution is 2.43. The van der Waals surface area contributed by atoms with E-state index in [9.17, 15) is 0 Å². The Hall–Kier alpha value is -1.64. The predicted molar refractivity (Wildman–Crippen MR) is 105 cm³/mol. The van der Waals surface area contributed by atoms with Gasteiger partial charge < -0.3 is 4.74 Å².